The van der Waals surface area contributed by atoms with Gasteiger partial charge in [0.15, 0.2) is 0 Å². The highest BCUT2D eigenvalue weighted by Gasteiger charge is 2.27. The molecule has 0 aromatic heterocycles. The Kier molecular flexibility index (Phi) is 5.30. The molecule has 0 bridgehead atoms. The lowest BCUT2D eigenvalue weighted by molar-refractivity contribution is 0.328. The molecular formula is C15H23ClN2O2S. The van der Waals surface area contributed by atoms with Gasteiger partial charge >= 0.3 is 0 Å². The second kappa shape index (κ2) is 6.65. The van der Waals surface area contributed by atoms with Crippen LogP contribution in [0.25, 0.3) is 0 Å². The van der Waals surface area contributed by atoms with Gasteiger partial charge in [-0.1, -0.05) is 13.0 Å². The maximum atomic E-state index is 12.5. The predicted octanol–water partition coefficient (Wildman–Crippen LogP) is 1.87. The zero-order valence-electron chi connectivity index (χ0n) is 12.3. The van der Waals surface area contributed by atoms with Gasteiger partial charge in [0.1, 0.15) is 0 Å². The summed E-state index contributed by atoms with van der Waals surface area (Å²) in [6.45, 7) is 3.83. The Morgan fingerprint density at radius 3 is 2.76 bits per heavy atom. The summed E-state index contributed by atoms with van der Waals surface area (Å²) < 4.78 is 27.9. The summed E-state index contributed by atoms with van der Waals surface area (Å²) in [5, 5.41) is 3.29. The monoisotopic (exact) mass is 330 g/mol. The lowest BCUT2D eigenvalue weighted by Gasteiger charge is -2.30. The standard InChI is InChI=1S/C15H22N2O2S.ClH/c1-11-10-16-8-7-15(11)17-20(18,19)14-6-5-12-3-2-4-13(12)9-14;/h5-6,9,11,15-17H,2-4,7-8,10H2,1H3;1H. The molecule has 6 heteroatoms. The fourth-order valence-corrected chi connectivity index (χ4v) is 4.60. The molecule has 1 aliphatic heterocycles. The van der Waals surface area contributed by atoms with Gasteiger partial charge in [0.2, 0.25) is 10.0 Å². The minimum absolute atomic E-state index is 0. The third-order valence-electron chi connectivity index (χ3n) is 4.47. The van der Waals surface area contributed by atoms with Crippen LogP contribution in [0.15, 0.2) is 23.1 Å². The third kappa shape index (κ3) is 3.59. The molecule has 118 valence electrons. The molecule has 0 radical (unpaired) electrons. The van der Waals surface area contributed by atoms with E-state index in [-0.39, 0.29) is 18.4 Å². The second-order valence-corrected chi connectivity index (χ2v) is 7.70. The summed E-state index contributed by atoms with van der Waals surface area (Å²) in [5.41, 5.74) is 2.51. The first-order chi connectivity index (χ1) is 9.56. The average molecular weight is 331 g/mol. The normalized spacial score (nSPS) is 25.2. The first kappa shape index (κ1) is 16.7. The first-order valence-corrected chi connectivity index (χ1v) is 8.89. The molecule has 1 aromatic carbocycles. The van der Waals surface area contributed by atoms with Gasteiger partial charge in [-0.3, -0.25) is 0 Å². The molecule has 0 saturated carbocycles. The first-order valence-electron chi connectivity index (χ1n) is 7.41. The van der Waals surface area contributed by atoms with Crippen LogP contribution in [0.5, 0.6) is 0 Å². The van der Waals surface area contributed by atoms with Crippen molar-refractivity contribution in [2.24, 2.45) is 5.92 Å². The Bertz CT molecular complexity index is 604. The van der Waals surface area contributed by atoms with Crippen LogP contribution in [0.1, 0.15) is 30.9 Å². The molecule has 2 atom stereocenters. The van der Waals surface area contributed by atoms with Crippen LogP contribution in [0, 0.1) is 5.92 Å². The van der Waals surface area contributed by atoms with E-state index in [2.05, 4.69) is 17.0 Å². The zero-order chi connectivity index (χ0) is 14.2. The number of hydrogen-bond donors (Lipinski definition) is 2. The van der Waals surface area contributed by atoms with Crippen molar-refractivity contribution in [3.63, 3.8) is 0 Å². The van der Waals surface area contributed by atoms with E-state index in [1.807, 2.05) is 12.1 Å². The Balaban J connectivity index is 0.00000161. The molecule has 21 heavy (non-hydrogen) atoms. The summed E-state index contributed by atoms with van der Waals surface area (Å²) in [6.07, 6.45) is 4.07. The molecule has 1 fully saturated rings. The highest BCUT2D eigenvalue weighted by Crippen LogP contribution is 2.25. The number of piperidine rings is 1. The largest absolute Gasteiger partial charge is 0.316 e. The molecule has 3 rings (SSSR count). The van der Waals surface area contributed by atoms with Gasteiger partial charge in [-0.15, -0.1) is 12.4 Å². The highest BCUT2D eigenvalue weighted by atomic mass is 35.5. The van der Waals surface area contributed by atoms with Crippen molar-refractivity contribution < 1.29 is 8.42 Å². The molecule has 1 aliphatic carbocycles. The van der Waals surface area contributed by atoms with Crippen LogP contribution in [0.2, 0.25) is 0 Å². The summed E-state index contributed by atoms with van der Waals surface area (Å²) >= 11 is 0. The second-order valence-electron chi connectivity index (χ2n) is 5.98. The van der Waals surface area contributed by atoms with Crippen molar-refractivity contribution in [3.05, 3.63) is 29.3 Å². The average Bonchev–Trinajstić information content (AvgIpc) is 2.88. The van der Waals surface area contributed by atoms with E-state index in [1.165, 1.54) is 11.1 Å². The van der Waals surface area contributed by atoms with Crippen molar-refractivity contribution >= 4 is 22.4 Å². The van der Waals surface area contributed by atoms with Crippen LogP contribution in [0.3, 0.4) is 0 Å². The van der Waals surface area contributed by atoms with Crippen LogP contribution < -0.4 is 10.0 Å². The van der Waals surface area contributed by atoms with Crippen molar-refractivity contribution in [2.75, 3.05) is 13.1 Å². The van der Waals surface area contributed by atoms with Crippen molar-refractivity contribution in [1.29, 1.82) is 0 Å². The van der Waals surface area contributed by atoms with E-state index in [0.717, 1.165) is 38.8 Å². The number of sulfonamides is 1. The molecule has 2 N–H and O–H groups in total. The molecule has 0 amide bonds. The Morgan fingerprint density at radius 2 is 2.00 bits per heavy atom. The number of aryl methyl sites for hydroxylation is 2. The number of nitrogens with one attached hydrogen (secondary N) is 2. The summed E-state index contributed by atoms with van der Waals surface area (Å²) in [7, 11) is -3.39. The topological polar surface area (TPSA) is 58.2 Å². The maximum Gasteiger partial charge on any atom is 0.240 e. The molecule has 1 heterocycles. The number of halogens is 1. The van der Waals surface area contributed by atoms with Gasteiger partial charge < -0.3 is 5.32 Å². The number of benzene rings is 1. The molecule has 4 nitrogen and oxygen atoms in total. The maximum absolute atomic E-state index is 12.5. The lowest BCUT2D eigenvalue weighted by atomic mass is 9.97. The van der Waals surface area contributed by atoms with Gasteiger partial charge in [0.25, 0.3) is 0 Å². The van der Waals surface area contributed by atoms with Gasteiger partial charge in [-0.25, -0.2) is 13.1 Å². The van der Waals surface area contributed by atoms with Crippen LogP contribution in [-0.4, -0.2) is 27.5 Å². The van der Waals surface area contributed by atoms with Gasteiger partial charge in [-0.05, 0) is 68.0 Å². The minimum atomic E-state index is -3.39. The zero-order valence-corrected chi connectivity index (χ0v) is 13.9. The van der Waals surface area contributed by atoms with Crippen molar-refractivity contribution in [1.82, 2.24) is 10.0 Å². The summed E-state index contributed by atoms with van der Waals surface area (Å²) in [5.74, 6) is 0.327. The minimum Gasteiger partial charge on any atom is -0.316 e. The molecule has 2 aliphatic rings. The van der Waals surface area contributed by atoms with E-state index < -0.39 is 10.0 Å². The SMILES string of the molecule is CC1CNCCC1NS(=O)(=O)c1ccc2c(c1)CCC2.Cl. The van der Waals surface area contributed by atoms with Gasteiger partial charge in [-0.2, -0.15) is 0 Å². The Hall–Kier alpha value is -0.620. The molecule has 2 unspecified atom stereocenters. The molecular weight excluding hydrogens is 308 g/mol. The van der Waals surface area contributed by atoms with Crippen LogP contribution in [-0.2, 0) is 22.9 Å². The van der Waals surface area contributed by atoms with Crippen LogP contribution in [0.4, 0.5) is 0 Å². The van der Waals surface area contributed by atoms with E-state index in [1.54, 1.807) is 6.07 Å². The molecule has 1 saturated heterocycles. The number of hydrogen-bond acceptors (Lipinski definition) is 3. The Morgan fingerprint density at radius 1 is 1.24 bits per heavy atom. The van der Waals surface area contributed by atoms with Crippen molar-refractivity contribution in [2.45, 2.75) is 43.5 Å². The molecule has 1 aromatic rings. The van der Waals surface area contributed by atoms with Gasteiger partial charge in [0.05, 0.1) is 4.90 Å². The number of fused-ring (bicyclic) bond motifs is 1. The smallest absolute Gasteiger partial charge is 0.240 e. The number of rotatable bonds is 3. The summed E-state index contributed by atoms with van der Waals surface area (Å²) in [6, 6.07) is 5.62. The van der Waals surface area contributed by atoms with E-state index >= 15 is 0 Å². The third-order valence-corrected chi connectivity index (χ3v) is 5.96. The Labute approximate surface area is 133 Å². The van der Waals surface area contributed by atoms with E-state index in [9.17, 15) is 8.42 Å². The van der Waals surface area contributed by atoms with Crippen LogP contribution >= 0.6 is 12.4 Å². The molecule has 0 spiro atoms. The quantitative estimate of drug-likeness (QED) is 0.889. The van der Waals surface area contributed by atoms with Crippen molar-refractivity contribution in [3.8, 4) is 0 Å². The fraction of sp³-hybridized carbons (Fsp3) is 0.600. The highest BCUT2D eigenvalue weighted by molar-refractivity contribution is 7.89. The van der Waals surface area contributed by atoms with E-state index in [0.29, 0.717) is 10.8 Å². The van der Waals surface area contributed by atoms with E-state index in [4.69, 9.17) is 0 Å². The summed E-state index contributed by atoms with van der Waals surface area (Å²) in [4.78, 5) is 0.420. The van der Waals surface area contributed by atoms with Gasteiger partial charge in [0, 0.05) is 6.04 Å². The predicted molar refractivity (Wildman–Crippen MR) is 86.5 cm³/mol. The lowest BCUT2D eigenvalue weighted by Crippen LogP contribution is -2.48. The fourth-order valence-electron chi connectivity index (χ4n) is 3.17.